The Morgan fingerprint density at radius 1 is 1.33 bits per heavy atom. The fraction of sp³-hybridized carbons (Fsp3) is 0.500. The van der Waals surface area contributed by atoms with E-state index in [9.17, 15) is 5.11 Å². The first kappa shape index (κ1) is 10.9. The van der Waals surface area contributed by atoms with Crippen LogP contribution in [0.2, 0.25) is 5.02 Å². The van der Waals surface area contributed by atoms with Gasteiger partial charge in [0.05, 0.1) is 6.10 Å². The average Bonchev–Trinajstić information content (AvgIpc) is 2.30. The van der Waals surface area contributed by atoms with Gasteiger partial charge in [-0.1, -0.05) is 23.7 Å². The monoisotopic (exact) mass is 225 g/mol. The molecule has 0 radical (unpaired) electrons. The highest BCUT2D eigenvalue weighted by Crippen LogP contribution is 2.27. The molecule has 1 fully saturated rings. The molecule has 2 unspecified atom stereocenters. The highest BCUT2D eigenvalue weighted by molar-refractivity contribution is 6.30. The van der Waals surface area contributed by atoms with Crippen LogP contribution < -0.4 is 5.32 Å². The van der Waals surface area contributed by atoms with Gasteiger partial charge in [0.2, 0.25) is 0 Å². The maximum Gasteiger partial charge on any atom is 0.0830 e. The van der Waals surface area contributed by atoms with Gasteiger partial charge in [-0.15, -0.1) is 0 Å². The van der Waals surface area contributed by atoms with Crippen molar-refractivity contribution in [1.29, 1.82) is 0 Å². The van der Waals surface area contributed by atoms with E-state index in [2.05, 4.69) is 5.32 Å². The van der Waals surface area contributed by atoms with Crippen LogP contribution in [0.3, 0.4) is 0 Å². The predicted molar refractivity (Wildman–Crippen MR) is 62.0 cm³/mol. The molecular formula is C12H16ClNO. The molecule has 1 saturated heterocycles. The molecule has 1 aliphatic rings. The summed E-state index contributed by atoms with van der Waals surface area (Å²) < 4.78 is 0. The smallest absolute Gasteiger partial charge is 0.0830 e. The molecule has 2 atom stereocenters. The quantitative estimate of drug-likeness (QED) is 0.810. The van der Waals surface area contributed by atoms with E-state index < -0.39 is 0 Å². The molecule has 0 amide bonds. The first-order chi connectivity index (χ1) is 7.27. The van der Waals surface area contributed by atoms with Crippen molar-refractivity contribution >= 4 is 11.6 Å². The summed E-state index contributed by atoms with van der Waals surface area (Å²) in [5.41, 5.74) is 0.966. The minimum absolute atomic E-state index is 0.333. The van der Waals surface area contributed by atoms with Crippen LogP contribution in [0, 0.1) is 5.92 Å². The number of halogens is 1. The first-order valence-corrected chi connectivity index (χ1v) is 5.79. The van der Waals surface area contributed by atoms with Gasteiger partial charge in [0.15, 0.2) is 0 Å². The molecule has 2 nitrogen and oxygen atoms in total. The van der Waals surface area contributed by atoms with Gasteiger partial charge < -0.3 is 10.4 Å². The zero-order chi connectivity index (χ0) is 10.7. The summed E-state index contributed by atoms with van der Waals surface area (Å²) >= 11 is 5.81. The van der Waals surface area contributed by atoms with Crippen molar-refractivity contribution in [3.8, 4) is 0 Å². The summed E-state index contributed by atoms with van der Waals surface area (Å²) in [6.07, 6.45) is 1.88. The second kappa shape index (κ2) is 4.97. The van der Waals surface area contributed by atoms with Crippen molar-refractivity contribution in [1.82, 2.24) is 5.32 Å². The number of hydrogen-bond donors (Lipinski definition) is 2. The standard InChI is InChI=1S/C12H16ClNO/c13-11-5-3-9(4-6-11)12(15)10-2-1-7-14-8-10/h3-6,10,12,14-15H,1-2,7-8H2. The van der Waals surface area contributed by atoms with E-state index in [0.29, 0.717) is 10.9 Å². The lowest BCUT2D eigenvalue weighted by Gasteiger charge is -2.27. The van der Waals surface area contributed by atoms with Crippen molar-refractivity contribution in [2.24, 2.45) is 5.92 Å². The van der Waals surface area contributed by atoms with Crippen LogP contribution >= 0.6 is 11.6 Å². The minimum atomic E-state index is -0.366. The third-order valence-corrected chi connectivity index (χ3v) is 3.25. The second-order valence-corrected chi connectivity index (χ2v) is 4.54. The van der Waals surface area contributed by atoms with Crippen LogP contribution in [0.5, 0.6) is 0 Å². The molecule has 0 aromatic heterocycles. The van der Waals surface area contributed by atoms with Crippen LogP contribution in [0.15, 0.2) is 24.3 Å². The van der Waals surface area contributed by atoms with Crippen LogP contribution in [0.25, 0.3) is 0 Å². The van der Waals surface area contributed by atoms with Crippen LogP contribution in [-0.4, -0.2) is 18.2 Å². The molecule has 15 heavy (non-hydrogen) atoms. The number of piperidine rings is 1. The van der Waals surface area contributed by atoms with Crippen LogP contribution in [0.1, 0.15) is 24.5 Å². The molecular weight excluding hydrogens is 210 g/mol. The topological polar surface area (TPSA) is 32.3 Å². The maximum atomic E-state index is 10.2. The second-order valence-electron chi connectivity index (χ2n) is 4.10. The zero-order valence-corrected chi connectivity index (χ0v) is 9.37. The predicted octanol–water partition coefficient (Wildman–Crippen LogP) is 2.37. The zero-order valence-electron chi connectivity index (χ0n) is 8.62. The van der Waals surface area contributed by atoms with Crippen molar-refractivity contribution in [2.75, 3.05) is 13.1 Å². The highest BCUT2D eigenvalue weighted by atomic mass is 35.5. The molecule has 1 aromatic rings. The molecule has 0 aliphatic carbocycles. The van der Waals surface area contributed by atoms with E-state index >= 15 is 0 Å². The van der Waals surface area contributed by atoms with E-state index in [4.69, 9.17) is 11.6 Å². The number of aliphatic hydroxyl groups excluding tert-OH is 1. The van der Waals surface area contributed by atoms with Crippen molar-refractivity contribution < 1.29 is 5.11 Å². The third kappa shape index (κ3) is 2.71. The van der Waals surface area contributed by atoms with E-state index in [1.165, 1.54) is 0 Å². The van der Waals surface area contributed by atoms with E-state index in [-0.39, 0.29) is 6.10 Å². The summed E-state index contributed by atoms with van der Waals surface area (Å²) in [5, 5.41) is 14.2. The SMILES string of the molecule is OC(c1ccc(Cl)cc1)C1CCCNC1. The number of rotatable bonds is 2. The Balaban J connectivity index is 2.05. The summed E-state index contributed by atoms with van der Waals surface area (Å²) in [6.45, 7) is 1.98. The summed E-state index contributed by atoms with van der Waals surface area (Å²) in [7, 11) is 0. The van der Waals surface area contributed by atoms with Gasteiger partial charge in [-0.2, -0.15) is 0 Å². The van der Waals surface area contributed by atoms with Crippen LogP contribution in [0.4, 0.5) is 0 Å². The number of benzene rings is 1. The fourth-order valence-corrected chi connectivity index (χ4v) is 2.21. The van der Waals surface area contributed by atoms with E-state index in [0.717, 1.165) is 31.5 Å². The molecule has 0 bridgehead atoms. The largest absolute Gasteiger partial charge is 0.388 e. The average molecular weight is 226 g/mol. The number of hydrogen-bond acceptors (Lipinski definition) is 2. The molecule has 1 aliphatic heterocycles. The third-order valence-electron chi connectivity index (χ3n) is 2.99. The summed E-state index contributed by atoms with van der Waals surface area (Å²) in [5.74, 6) is 0.333. The van der Waals surface area contributed by atoms with Gasteiger partial charge >= 0.3 is 0 Å². The van der Waals surface area contributed by atoms with E-state index in [1.807, 2.05) is 24.3 Å². The molecule has 0 saturated carbocycles. The summed E-state index contributed by atoms with van der Waals surface area (Å²) in [6, 6.07) is 7.47. The Kier molecular flexibility index (Phi) is 3.62. The van der Waals surface area contributed by atoms with Gasteiger partial charge in [0, 0.05) is 17.5 Å². The molecule has 2 rings (SSSR count). The van der Waals surface area contributed by atoms with Crippen LogP contribution in [-0.2, 0) is 0 Å². The first-order valence-electron chi connectivity index (χ1n) is 5.41. The van der Waals surface area contributed by atoms with Gasteiger partial charge in [-0.25, -0.2) is 0 Å². The Morgan fingerprint density at radius 3 is 2.67 bits per heavy atom. The van der Waals surface area contributed by atoms with Gasteiger partial charge in [0.1, 0.15) is 0 Å². The van der Waals surface area contributed by atoms with Crippen molar-refractivity contribution in [2.45, 2.75) is 18.9 Å². The van der Waals surface area contributed by atoms with Gasteiger partial charge in [-0.05, 0) is 37.1 Å². The Labute approximate surface area is 95.3 Å². The highest BCUT2D eigenvalue weighted by Gasteiger charge is 2.22. The Bertz CT molecular complexity index is 306. The molecule has 1 aromatic carbocycles. The molecule has 82 valence electrons. The maximum absolute atomic E-state index is 10.2. The van der Waals surface area contributed by atoms with Crippen molar-refractivity contribution in [3.05, 3.63) is 34.9 Å². The minimum Gasteiger partial charge on any atom is -0.388 e. The molecule has 3 heteroatoms. The molecule has 0 spiro atoms. The Morgan fingerprint density at radius 2 is 2.07 bits per heavy atom. The van der Waals surface area contributed by atoms with E-state index in [1.54, 1.807) is 0 Å². The normalized spacial score (nSPS) is 23.7. The summed E-state index contributed by atoms with van der Waals surface area (Å²) in [4.78, 5) is 0. The lowest BCUT2D eigenvalue weighted by atomic mass is 9.89. The lowest BCUT2D eigenvalue weighted by molar-refractivity contribution is 0.0922. The Hall–Kier alpha value is -0.570. The number of nitrogens with one attached hydrogen (secondary N) is 1. The molecule has 1 heterocycles. The fourth-order valence-electron chi connectivity index (χ4n) is 2.08. The lowest BCUT2D eigenvalue weighted by Crippen LogP contribution is -2.33. The van der Waals surface area contributed by atoms with Crippen molar-refractivity contribution in [3.63, 3.8) is 0 Å². The van der Waals surface area contributed by atoms with Gasteiger partial charge in [-0.3, -0.25) is 0 Å². The number of aliphatic hydroxyl groups is 1. The van der Waals surface area contributed by atoms with Gasteiger partial charge in [0.25, 0.3) is 0 Å². The molecule has 2 N–H and O–H groups in total.